The Bertz CT molecular complexity index is 279. The van der Waals surface area contributed by atoms with E-state index in [0.717, 1.165) is 23.7 Å². The number of halogens is 1. The van der Waals surface area contributed by atoms with Gasteiger partial charge < -0.3 is 5.11 Å². The molecular formula is C13H19BrO. The van der Waals surface area contributed by atoms with Crippen molar-refractivity contribution in [1.82, 2.24) is 0 Å². The van der Waals surface area contributed by atoms with Crippen LogP contribution in [0.15, 0.2) is 28.7 Å². The van der Waals surface area contributed by atoms with Gasteiger partial charge in [0.15, 0.2) is 0 Å². The predicted molar refractivity (Wildman–Crippen MR) is 67.9 cm³/mol. The quantitative estimate of drug-likeness (QED) is 0.863. The molecule has 1 nitrogen and oxygen atoms in total. The summed E-state index contributed by atoms with van der Waals surface area (Å²) in [5, 5.41) is 9.64. The fourth-order valence-corrected chi connectivity index (χ4v) is 1.76. The summed E-state index contributed by atoms with van der Waals surface area (Å²) in [6, 6.07) is 8.39. The van der Waals surface area contributed by atoms with Gasteiger partial charge in [0.2, 0.25) is 0 Å². The van der Waals surface area contributed by atoms with Crippen molar-refractivity contribution in [3.05, 3.63) is 34.3 Å². The molecular weight excluding hydrogens is 252 g/mol. The maximum atomic E-state index is 9.64. The molecule has 0 fully saturated rings. The molecule has 0 aliphatic carbocycles. The molecule has 1 aromatic rings. The summed E-state index contributed by atoms with van der Waals surface area (Å²) in [6.45, 7) is 4.12. The number of benzene rings is 1. The number of aliphatic hydroxyl groups excluding tert-OH is 1. The Morgan fingerprint density at radius 1 is 1.20 bits per heavy atom. The van der Waals surface area contributed by atoms with Crippen LogP contribution >= 0.6 is 15.9 Å². The number of hydrogen-bond acceptors (Lipinski definition) is 1. The van der Waals surface area contributed by atoms with E-state index in [1.54, 1.807) is 0 Å². The molecule has 2 heteroatoms. The van der Waals surface area contributed by atoms with Crippen LogP contribution in [0.4, 0.5) is 0 Å². The number of rotatable bonds is 5. The third kappa shape index (κ3) is 4.80. The summed E-state index contributed by atoms with van der Waals surface area (Å²) in [6.07, 6.45) is 2.85. The minimum atomic E-state index is -0.152. The molecule has 0 heterocycles. The molecule has 0 spiro atoms. The second kappa shape index (κ2) is 6.29. The molecule has 0 aliphatic rings. The largest absolute Gasteiger partial charge is 0.393 e. The van der Waals surface area contributed by atoms with Gasteiger partial charge in [-0.25, -0.2) is 0 Å². The maximum Gasteiger partial charge on any atom is 0.0563 e. The zero-order valence-electron chi connectivity index (χ0n) is 9.41. The third-order valence-corrected chi connectivity index (χ3v) is 3.18. The average molecular weight is 271 g/mol. The van der Waals surface area contributed by atoms with Crippen molar-refractivity contribution in [3.8, 4) is 0 Å². The number of aliphatic hydroxyl groups is 1. The highest BCUT2D eigenvalue weighted by molar-refractivity contribution is 9.10. The second-order valence-corrected chi connectivity index (χ2v) is 5.25. The topological polar surface area (TPSA) is 20.2 Å². The SMILES string of the molecule is CC(C)C(O)CCCc1ccc(Br)cc1. The Balaban J connectivity index is 2.29. The summed E-state index contributed by atoms with van der Waals surface area (Å²) in [5.74, 6) is 0.370. The summed E-state index contributed by atoms with van der Waals surface area (Å²) in [5.41, 5.74) is 1.34. The van der Waals surface area contributed by atoms with Crippen molar-refractivity contribution >= 4 is 15.9 Å². The molecule has 0 saturated carbocycles. The minimum absolute atomic E-state index is 0.152. The lowest BCUT2D eigenvalue weighted by Crippen LogP contribution is -2.14. The van der Waals surface area contributed by atoms with Crippen molar-refractivity contribution in [2.24, 2.45) is 5.92 Å². The average Bonchev–Trinajstić information content (AvgIpc) is 2.20. The standard InChI is InChI=1S/C13H19BrO/c1-10(2)13(15)5-3-4-11-6-8-12(14)9-7-11/h6-10,13,15H,3-5H2,1-2H3. The van der Waals surface area contributed by atoms with Crippen LogP contribution in [0.3, 0.4) is 0 Å². The molecule has 0 aromatic heterocycles. The highest BCUT2D eigenvalue weighted by Gasteiger charge is 2.08. The van der Waals surface area contributed by atoms with Gasteiger partial charge in [0.25, 0.3) is 0 Å². The van der Waals surface area contributed by atoms with E-state index in [4.69, 9.17) is 0 Å². The van der Waals surface area contributed by atoms with Gasteiger partial charge in [0, 0.05) is 4.47 Å². The summed E-state index contributed by atoms with van der Waals surface area (Å²) < 4.78 is 1.12. The van der Waals surface area contributed by atoms with Crippen molar-refractivity contribution < 1.29 is 5.11 Å². The molecule has 84 valence electrons. The van der Waals surface area contributed by atoms with Crippen molar-refractivity contribution in [3.63, 3.8) is 0 Å². The zero-order valence-corrected chi connectivity index (χ0v) is 11.0. The van der Waals surface area contributed by atoms with Crippen molar-refractivity contribution in [1.29, 1.82) is 0 Å². The molecule has 15 heavy (non-hydrogen) atoms. The zero-order chi connectivity index (χ0) is 11.3. The third-order valence-electron chi connectivity index (χ3n) is 2.65. The molecule has 1 aromatic carbocycles. The fourth-order valence-electron chi connectivity index (χ4n) is 1.50. The van der Waals surface area contributed by atoms with Gasteiger partial charge in [0.05, 0.1) is 6.10 Å². The van der Waals surface area contributed by atoms with Gasteiger partial charge in [-0.1, -0.05) is 41.9 Å². The predicted octanol–water partition coefficient (Wildman–Crippen LogP) is 3.79. The molecule has 0 amide bonds. The number of aryl methyl sites for hydroxylation is 1. The van der Waals surface area contributed by atoms with Crippen LogP contribution in [-0.4, -0.2) is 11.2 Å². The molecule has 1 unspecified atom stereocenters. The first kappa shape index (κ1) is 12.7. The van der Waals surface area contributed by atoms with Crippen LogP contribution in [-0.2, 0) is 6.42 Å². The summed E-state index contributed by atoms with van der Waals surface area (Å²) in [4.78, 5) is 0. The highest BCUT2D eigenvalue weighted by Crippen LogP contribution is 2.14. The van der Waals surface area contributed by atoms with E-state index in [0.29, 0.717) is 5.92 Å². The van der Waals surface area contributed by atoms with E-state index in [9.17, 15) is 5.11 Å². The lowest BCUT2D eigenvalue weighted by molar-refractivity contribution is 0.114. The Morgan fingerprint density at radius 2 is 1.80 bits per heavy atom. The Morgan fingerprint density at radius 3 is 2.33 bits per heavy atom. The van der Waals surface area contributed by atoms with Gasteiger partial charge in [0.1, 0.15) is 0 Å². The van der Waals surface area contributed by atoms with Crippen LogP contribution in [0, 0.1) is 5.92 Å². The van der Waals surface area contributed by atoms with Crippen molar-refractivity contribution in [2.75, 3.05) is 0 Å². The smallest absolute Gasteiger partial charge is 0.0563 e. The minimum Gasteiger partial charge on any atom is -0.393 e. The van der Waals surface area contributed by atoms with E-state index in [1.165, 1.54) is 5.56 Å². The van der Waals surface area contributed by atoms with E-state index in [2.05, 4.69) is 54.0 Å². The summed E-state index contributed by atoms with van der Waals surface area (Å²) >= 11 is 3.42. The van der Waals surface area contributed by atoms with E-state index < -0.39 is 0 Å². The van der Waals surface area contributed by atoms with Crippen LogP contribution in [0.2, 0.25) is 0 Å². The molecule has 0 saturated heterocycles. The lowest BCUT2D eigenvalue weighted by atomic mass is 9.99. The van der Waals surface area contributed by atoms with Gasteiger partial charge in [-0.05, 0) is 42.9 Å². The number of hydrogen-bond donors (Lipinski definition) is 1. The monoisotopic (exact) mass is 270 g/mol. The molecule has 0 bridgehead atoms. The maximum absolute atomic E-state index is 9.64. The van der Waals surface area contributed by atoms with Crippen LogP contribution in [0.1, 0.15) is 32.3 Å². The fraction of sp³-hybridized carbons (Fsp3) is 0.538. The second-order valence-electron chi connectivity index (χ2n) is 4.33. The first-order valence-corrected chi connectivity index (χ1v) is 6.31. The van der Waals surface area contributed by atoms with Crippen LogP contribution in [0.5, 0.6) is 0 Å². The van der Waals surface area contributed by atoms with E-state index in [-0.39, 0.29) is 6.10 Å². The Hall–Kier alpha value is -0.340. The Labute approximate surface area is 101 Å². The van der Waals surface area contributed by atoms with Gasteiger partial charge in [-0.2, -0.15) is 0 Å². The van der Waals surface area contributed by atoms with E-state index >= 15 is 0 Å². The van der Waals surface area contributed by atoms with E-state index in [1.807, 2.05) is 0 Å². The lowest BCUT2D eigenvalue weighted by Gasteiger charge is -2.13. The van der Waals surface area contributed by atoms with Gasteiger partial charge >= 0.3 is 0 Å². The molecule has 1 N–H and O–H groups in total. The molecule has 0 aliphatic heterocycles. The first-order valence-electron chi connectivity index (χ1n) is 5.52. The van der Waals surface area contributed by atoms with Crippen LogP contribution in [0.25, 0.3) is 0 Å². The van der Waals surface area contributed by atoms with Gasteiger partial charge in [-0.3, -0.25) is 0 Å². The molecule has 0 radical (unpaired) electrons. The normalized spacial score (nSPS) is 13.1. The molecule has 1 atom stereocenters. The van der Waals surface area contributed by atoms with Crippen molar-refractivity contribution in [2.45, 2.75) is 39.2 Å². The summed E-state index contributed by atoms with van der Waals surface area (Å²) in [7, 11) is 0. The van der Waals surface area contributed by atoms with Crippen LogP contribution < -0.4 is 0 Å². The molecule has 1 rings (SSSR count). The first-order chi connectivity index (χ1) is 7.09. The highest BCUT2D eigenvalue weighted by atomic mass is 79.9. The van der Waals surface area contributed by atoms with Gasteiger partial charge in [-0.15, -0.1) is 0 Å². The Kier molecular flexibility index (Phi) is 5.34.